The van der Waals surface area contributed by atoms with Crippen molar-refractivity contribution in [3.63, 3.8) is 0 Å². The van der Waals surface area contributed by atoms with Gasteiger partial charge in [-0.05, 0) is 0 Å². The third-order valence-electron chi connectivity index (χ3n) is 1.78. The predicted octanol–water partition coefficient (Wildman–Crippen LogP) is 0.201. The lowest BCUT2D eigenvalue weighted by atomic mass is 10.2. The monoisotopic (exact) mass is 167 g/mol. The van der Waals surface area contributed by atoms with E-state index in [9.17, 15) is 4.79 Å². The highest BCUT2D eigenvalue weighted by Crippen LogP contribution is 2.19. The molecule has 0 aliphatic carbocycles. The average molecular weight is 167 g/mol. The molecule has 1 saturated heterocycles. The Morgan fingerprint density at radius 1 is 1.83 bits per heavy atom. The molecule has 0 spiro atoms. The van der Waals surface area contributed by atoms with Gasteiger partial charge in [-0.1, -0.05) is 0 Å². The number of nitrogens with zero attached hydrogens (tertiary/aromatic N) is 2. The number of rotatable bonds is 1. The average Bonchev–Trinajstić information content (AvgIpc) is 2.58. The summed E-state index contributed by atoms with van der Waals surface area (Å²) in [7, 11) is 1.83. The molecule has 12 heavy (non-hydrogen) atoms. The number of ether oxygens (including phenoxy) is 1. The van der Waals surface area contributed by atoms with Crippen LogP contribution in [0, 0.1) is 0 Å². The van der Waals surface area contributed by atoms with Gasteiger partial charge in [0.25, 0.3) is 0 Å². The second-order valence-electron chi connectivity index (χ2n) is 2.72. The van der Waals surface area contributed by atoms with Gasteiger partial charge in [0, 0.05) is 18.8 Å². The highest BCUT2D eigenvalue weighted by atomic mass is 16.6. The Bertz CT molecular complexity index is 307. The molecule has 2 heterocycles. The second kappa shape index (κ2) is 2.51. The van der Waals surface area contributed by atoms with Gasteiger partial charge in [-0.15, -0.1) is 0 Å². The van der Waals surface area contributed by atoms with Gasteiger partial charge in [0.15, 0.2) is 0 Å². The number of hydrogen-bond acceptors (Lipinski definition) is 3. The van der Waals surface area contributed by atoms with Gasteiger partial charge in [0.05, 0.1) is 12.7 Å². The molecule has 0 aromatic carbocycles. The minimum Gasteiger partial charge on any atom is -0.439 e. The topological polar surface area (TPSA) is 56.2 Å². The molecule has 0 radical (unpaired) electrons. The van der Waals surface area contributed by atoms with Crippen molar-refractivity contribution in [2.24, 2.45) is 7.05 Å². The molecule has 1 aliphatic heterocycles. The first kappa shape index (κ1) is 7.15. The zero-order chi connectivity index (χ0) is 8.55. The van der Waals surface area contributed by atoms with Crippen LogP contribution in [-0.4, -0.2) is 22.4 Å². The molecule has 1 fully saturated rings. The van der Waals surface area contributed by atoms with Crippen LogP contribution in [0.25, 0.3) is 0 Å². The molecule has 5 heteroatoms. The summed E-state index contributed by atoms with van der Waals surface area (Å²) in [6.45, 7) is 0.532. The first-order valence-corrected chi connectivity index (χ1v) is 3.69. The number of aromatic nitrogens is 2. The van der Waals surface area contributed by atoms with Gasteiger partial charge in [0.2, 0.25) is 0 Å². The Kier molecular flexibility index (Phi) is 1.49. The Morgan fingerprint density at radius 3 is 3.17 bits per heavy atom. The minimum atomic E-state index is -0.358. The van der Waals surface area contributed by atoms with Crippen LogP contribution < -0.4 is 5.32 Å². The fourth-order valence-electron chi connectivity index (χ4n) is 1.18. The Balaban J connectivity index is 2.15. The van der Waals surface area contributed by atoms with Gasteiger partial charge < -0.3 is 10.1 Å². The number of nitrogens with one attached hydrogen (secondary N) is 1. The van der Waals surface area contributed by atoms with E-state index in [-0.39, 0.29) is 12.2 Å². The quantitative estimate of drug-likeness (QED) is 0.650. The molecule has 5 nitrogen and oxygen atoms in total. The number of alkyl carbamates (subject to hydrolysis) is 1. The summed E-state index contributed by atoms with van der Waals surface area (Å²) >= 11 is 0. The van der Waals surface area contributed by atoms with Gasteiger partial charge in [-0.2, -0.15) is 5.10 Å². The standard InChI is InChI=1S/C7H9N3O2/c1-10-4-5(2-9-10)6-3-8-7(11)12-6/h2,4,6H,3H2,1H3,(H,8,11). The van der Waals surface area contributed by atoms with E-state index >= 15 is 0 Å². The van der Waals surface area contributed by atoms with Crippen LogP contribution in [-0.2, 0) is 11.8 Å². The summed E-state index contributed by atoms with van der Waals surface area (Å²) in [6, 6.07) is 0. The molecular formula is C7H9N3O2. The van der Waals surface area contributed by atoms with Crippen molar-refractivity contribution in [2.75, 3.05) is 6.54 Å². The van der Waals surface area contributed by atoms with E-state index in [1.54, 1.807) is 10.9 Å². The van der Waals surface area contributed by atoms with Crippen molar-refractivity contribution in [2.45, 2.75) is 6.10 Å². The molecule has 1 amide bonds. The minimum absolute atomic E-state index is 0.175. The Labute approximate surface area is 69.3 Å². The summed E-state index contributed by atoms with van der Waals surface area (Å²) < 4.78 is 6.64. The number of amides is 1. The zero-order valence-electron chi connectivity index (χ0n) is 6.65. The number of aryl methyl sites for hydroxylation is 1. The van der Waals surface area contributed by atoms with Crippen LogP contribution >= 0.6 is 0 Å². The van der Waals surface area contributed by atoms with E-state index in [0.717, 1.165) is 5.56 Å². The van der Waals surface area contributed by atoms with E-state index in [1.165, 1.54) is 0 Å². The Morgan fingerprint density at radius 2 is 2.67 bits per heavy atom. The number of carbonyl (C=O) groups excluding carboxylic acids is 1. The van der Waals surface area contributed by atoms with Crippen molar-refractivity contribution in [3.8, 4) is 0 Å². The van der Waals surface area contributed by atoms with Crippen molar-refractivity contribution in [1.29, 1.82) is 0 Å². The predicted molar refractivity (Wildman–Crippen MR) is 40.4 cm³/mol. The van der Waals surface area contributed by atoms with Gasteiger partial charge in [-0.3, -0.25) is 4.68 Å². The van der Waals surface area contributed by atoms with Crippen molar-refractivity contribution < 1.29 is 9.53 Å². The van der Waals surface area contributed by atoms with E-state index in [0.29, 0.717) is 6.54 Å². The highest BCUT2D eigenvalue weighted by Gasteiger charge is 2.24. The van der Waals surface area contributed by atoms with E-state index in [4.69, 9.17) is 4.74 Å². The summed E-state index contributed by atoms with van der Waals surface area (Å²) in [5.41, 5.74) is 0.927. The summed E-state index contributed by atoms with van der Waals surface area (Å²) in [6.07, 6.45) is 3.01. The second-order valence-corrected chi connectivity index (χ2v) is 2.72. The normalized spacial score (nSPS) is 22.1. The van der Waals surface area contributed by atoms with Crippen molar-refractivity contribution in [1.82, 2.24) is 15.1 Å². The number of hydrogen-bond donors (Lipinski definition) is 1. The van der Waals surface area contributed by atoms with E-state index in [2.05, 4.69) is 10.4 Å². The molecule has 2 rings (SSSR count). The maximum absolute atomic E-state index is 10.7. The van der Waals surface area contributed by atoms with Crippen molar-refractivity contribution in [3.05, 3.63) is 18.0 Å². The highest BCUT2D eigenvalue weighted by molar-refractivity contribution is 5.69. The Hall–Kier alpha value is -1.52. The molecule has 64 valence electrons. The van der Waals surface area contributed by atoms with Crippen LogP contribution in [0.4, 0.5) is 4.79 Å². The van der Waals surface area contributed by atoms with Crippen LogP contribution in [0.15, 0.2) is 12.4 Å². The molecule has 1 aliphatic rings. The summed E-state index contributed by atoms with van der Waals surface area (Å²) in [4.78, 5) is 10.7. The molecule has 1 unspecified atom stereocenters. The summed E-state index contributed by atoms with van der Waals surface area (Å²) in [5.74, 6) is 0. The maximum atomic E-state index is 10.7. The van der Waals surface area contributed by atoms with Gasteiger partial charge in [0.1, 0.15) is 6.10 Å². The first-order valence-electron chi connectivity index (χ1n) is 3.69. The van der Waals surface area contributed by atoms with Crippen LogP contribution in [0.5, 0.6) is 0 Å². The molecule has 0 saturated carbocycles. The molecule has 1 aromatic rings. The number of cyclic esters (lactones) is 1. The molecule has 1 N–H and O–H groups in total. The first-order chi connectivity index (χ1) is 5.75. The lowest BCUT2D eigenvalue weighted by molar-refractivity contribution is 0.141. The fraction of sp³-hybridized carbons (Fsp3) is 0.429. The SMILES string of the molecule is Cn1cc(C2CNC(=O)O2)cn1. The lowest BCUT2D eigenvalue weighted by Gasteiger charge is -2.02. The van der Waals surface area contributed by atoms with Crippen molar-refractivity contribution >= 4 is 6.09 Å². The maximum Gasteiger partial charge on any atom is 0.407 e. The molecule has 0 bridgehead atoms. The third-order valence-corrected chi connectivity index (χ3v) is 1.78. The van der Waals surface area contributed by atoms with Crippen LogP contribution in [0.3, 0.4) is 0 Å². The smallest absolute Gasteiger partial charge is 0.407 e. The third kappa shape index (κ3) is 1.13. The largest absolute Gasteiger partial charge is 0.439 e. The number of carbonyl (C=O) groups is 1. The van der Waals surface area contributed by atoms with Crippen LogP contribution in [0.2, 0.25) is 0 Å². The zero-order valence-corrected chi connectivity index (χ0v) is 6.65. The lowest BCUT2D eigenvalue weighted by Crippen LogP contribution is -2.12. The van der Waals surface area contributed by atoms with E-state index < -0.39 is 0 Å². The molecule has 1 atom stereocenters. The molecule has 1 aromatic heterocycles. The van der Waals surface area contributed by atoms with Gasteiger partial charge >= 0.3 is 6.09 Å². The van der Waals surface area contributed by atoms with E-state index in [1.807, 2.05) is 13.2 Å². The van der Waals surface area contributed by atoms with Gasteiger partial charge in [-0.25, -0.2) is 4.79 Å². The molecular weight excluding hydrogens is 158 g/mol. The summed E-state index contributed by atoms with van der Waals surface area (Å²) in [5, 5.41) is 6.56. The fourth-order valence-corrected chi connectivity index (χ4v) is 1.18. The van der Waals surface area contributed by atoms with Crippen LogP contribution in [0.1, 0.15) is 11.7 Å².